The van der Waals surface area contributed by atoms with E-state index >= 15 is 0 Å². The summed E-state index contributed by atoms with van der Waals surface area (Å²) < 4.78 is 11.6. The van der Waals surface area contributed by atoms with Gasteiger partial charge >= 0.3 is 11.9 Å². The molecule has 6 aromatic carbocycles. The Kier molecular flexibility index (Phi) is 8.39. The lowest BCUT2D eigenvalue weighted by Gasteiger charge is -2.26. The molecule has 0 amide bonds. The molecule has 0 saturated carbocycles. The lowest BCUT2D eigenvalue weighted by Crippen LogP contribution is -2.20. The second-order valence-electron chi connectivity index (χ2n) is 11.3. The summed E-state index contributed by atoms with van der Waals surface area (Å²) in [7, 11) is 0. The van der Waals surface area contributed by atoms with Crippen molar-refractivity contribution in [1.82, 2.24) is 0 Å². The van der Waals surface area contributed by atoms with Crippen LogP contribution in [-0.4, -0.2) is 11.9 Å². The summed E-state index contributed by atoms with van der Waals surface area (Å²) in [6, 6.07) is 49.7. The van der Waals surface area contributed by atoms with E-state index in [0.717, 1.165) is 33.4 Å². The number of carbonyl (C=O) groups excluding carboxylic acids is 2. The molecule has 6 aromatic rings. The van der Waals surface area contributed by atoms with Crippen molar-refractivity contribution >= 4 is 11.9 Å². The van der Waals surface area contributed by atoms with Gasteiger partial charge in [-0.2, -0.15) is 0 Å². The van der Waals surface area contributed by atoms with E-state index in [9.17, 15) is 9.59 Å². The van der Waals surface area contributed by atoms with E-state index in [4.69, 9.17) is 9.47 Å². The Morgan fingerprint density at radius 1 is 0.422 bits per heavy atom. The fourth-order valence-corrected chi connectivity index (χ4v) is 5.35. The maximum absolute atomic E-state index is 13.1. The molecule has 4 heteroatoms. The second-order valence-corrected chi connectivity index (χ2v) is 11.3. The van der Waals surface area contributed by atoms with E-state index < -0.39 is 11.9 Å². The maximum atomic E-state index is 13.1. The summed E-state index contributed by atoms with van der Waals surface area (Å²) in [4.78, 5) is 26.2. The zero-order valence-corrected chi connectivity index (χ0v) is 25.1. The first-order valence-corrected chi connectivity index (χ1v) is 14.8. The third-order valence-corrected chi connectivity index (χ3v) is 8.03. The molecule has 0 radical (unpaired) electrons. The molecular formula is C41H32O4. The number of carbonyl (C=O) groups is 2. The fourth-order valence-electron chi connectivity index (χ4n) is 5.35. The molecule has 45 heavy (non-hydrogen) atoms. The van der Waals surface area contributed by atoms with Gasteiger partial charge in [0.2, 0.25) is 0 Å². The summed E-state index contributed by atoms with van der Waals surface area (Å²) in [6.45, 7) is 4.22. The van der Waals surface area contributed by atoms with Crippen LogP contribution in [0.4, 0.5) is 0 Å². The number of esters is 2. The molecule has 0 heterocycles. The van der Waals surface area contributed by atoms with E-state index in [1.165, 1.54) is 0 Å². The largest absolute Gasteiger partial charge is 0.422 e. The van der Waals surface area contributed by atoms with Crippen LogP contribution in [0.5, 0.6) is 11.5 Å². The summed E-state index contributed by atoms with van der Waals surface area (Å²) in [5, 5.41) is 0. The normalized spacial score (nSPS) is 11.1. The average molecular weight is 589 g/mol. The van der Waals surface area contributed by atoms with Gasteiger partial charge in [0.25, 0.3) is 0 Å². The van der Waals surface area contributed by atoms with Gasteiger partial charge in [-0.3, -0.25) is 0 Å². The van der Waals surface area contributed by atoms with Crippen LogP contribution >= 0.6 is 0 Å². The van der Waals surface area contributed by atoms with Gasteiger partial charge in [0, 0.05) is 16.5 Å². The average Bonchev–Trinajstić information content (AvgIpc) is 3.09. The Hall–Kier alpha value is -5.74. The summed E-state index contributed by atoms with van der Waals surface area (Å²) in [5.74, 6) is 0.194. The van der Waals surface area contributed by atoms with Gasteiger partial charge in [-0.05, 0) is 58.7 Å². The lowest BCUT2D eigenvalue weighted by atomic mass is 9.78. The zero-order chi connectivity index (χ0) is 31.2. The molecule has 0 aromatic heterocycles. The van der Waals surface area contributed by atoms with E-state index in [1.807, 2.05) is 121 Å². The molecule has 4 nitrogen and oxygen atoms in total. The Labute approximate surface area is 263 Å². The molecule has 0 spiro atoms. The standard InChI is InChI=1S/C41H32O4/c1-41(2,33-25-21-31(22-26-33)39(42)44-37-19-11-9-17-35(37)29-13-5-3-6-14-29)34-27-23-32(24-28-34)40(43)45-38-20-12-10-18-36(38)30-15-7-4-8-16-30/h3-28H,1-2H3. The number of hydrogen-bond acceptors (Lipinski definition) is 4. The highest BCUT2D eigenvalue weighted by Gasteiger charge is 2.24. The Bertz CT molecular complexity index is 1780. The first-order valence-electron chi connectivity index (χ1n) is 14.8. The Balaban J connectivity index is 1.15. The van der Waals surface area contributed by atoms with Crippen LogP contribution in [0.1, 0.15) is 45.7 Å². The third kappa shape index (κ3) is 6.46. The van der Waals surface area contributed by atoms with Gasteiger partial charge in [0.1, 0.15) is 11.5 Å². The number of rotatable bonds is 8. The van der Waals surface area contributed by atoms with Crippen molar-refractivity contribution in [2.75, 3.05) is 0 Å². The lowest BCUT2D eigenvalue weighted by molar-refractivity contribution is 0.0726. The molecule has 220 valence electrons. The van der Waals surface area contributed by atoms with Crippen LogP contribution in [0.3, 0.4) is 0 Å². The minimum absolute atomic E-state index is 0.384. The van der Waals surface area contributed by atoms with Crippen LogP contribution in [0.25, 0.3) is 22.3 Å². The van der Waals surface area contributed by atoms with E-state index in [1.54, 1.807) is 36.4 Å². The topological polar surface area (TPSA) is 52.6 Å². The summed E-state index contributed by atoms with van der Waals surface area (Å²) in [5.41, 5.74) is 6.27. The SMILES string of the molecule is CC(C)(c1ccc(C(=O)Oc2ccccc2-c2ccccc2)cc1)c1ccc(C(=O)Oc2ccccc2-c2ccccc2)cc1. The first kappa shape index (κ1) is 29.3. The molecule has 0 aliphatic heterocycles. The molecule has 0 atom stereocenters. The number of para-hydroxylation sites is 2. The predicted octanol–water partition coefficient (Wildman–Crippen LogP) is 9.78. The van der Waals surface area contributed by atoms with Gasteiger partial charge in [-0.25, -0.2) is 9.59 Å². The second kappa shape index (κ2) is 12.9. The molecule has 6 rings (SSSR count). The number of ether oxygens (including phenoxy) is 2. The zero-order valence-electron chi connectivity index (χ0n) is 25.1. The highest BCUT2D eigenvalue weighted by Crippen LogP contribution is 2.34. The van der Waals surface area contributed by atoms with E-state index in [0.29, 0.717) is 22.6 Å². The smallest absolute Gasteiger partial charge is 0.343 e. The molecule has 0 saturated heterocycles. The van der Waals surface area contributed by atoms with Gasteiger partial charge in [-0.15, -0.1) is 0 Å². The first-order chi connectivity index (χ1) is 21.9. The van der Waals surface area contributed by atoms with Crippen LogP contribution in [0.15, 0.2) is 158 Å². The number of benzene rings is 6. The molecular weight excluding hydrogens is 556 g/mol. The van der Waals surface area contributed by atoms with Crippen molar-refractivity contribution < 1.29 is 19.1 Å². The molecule has 0 N–H and O–H groups in total. The summed E-state index contributed by atoms with van der Waals surface area (Å²) >= 11 is 0. The van der Waals surface area contributed by atoms with Crippen LogP contribution in [-0.2, 0) is 5.41 Å². The minimum atomic E-state index is -0.417. The molecule has 0 fully saturated rings. The highest BCUT2D eigenvalue weighted by atomic mass is 16.5. The van der Waals surface area contributed by atoms with Gasteiger partial charge in [-0.1, -0.05) is 135 Å². The maximum Gasteiger partial charge on any atom is 0.343 e. The van der Waals surface area contributed by atoms with Crippen molar-refractivity contribution in [3.63, 3.8) is 0 Å². The molecule has 0 aliphatic carbocycles. The molecule has 0 bridgehead atoms. The number of hydrogen-bond donors (Lipinski definition) is 0. The third-order valence-electron chi connectivity index (χ3n) is 8.03. The van der Waals surface area contributed by atoms with E-state index in [-0.39, 0.29) is 5.41 Å². The van der Waals surface area contributed by atoms with Gasteiger partial charge in [0.05, 0.1) is 11.1 Å². The fraction of sp³-hybridized carbons (Fsp3) is 0.0732. The van der Waals surface area contributed by atoms with Crippen molar-refractivity contribution in [3.05, 3.63) is 180 Å². The monoisotopic (exact) mass is 588 g/mol. The predicted molar refractivity (Wildman–Crippen MR) is 179 cm³/mol. The minimum Gasteiger partial charge on any atom is -0.422 e. The van der Waals surface area contributed by atoms with Crippen molar-refractivity contribution in [3.8, 4) is 33.8 Å². The van der Waals surface area contributed by atoms with Gasteiger partial charge in [0.15, 0.2) is 0 Å². The quantitative estimate of drug-likeness (QED) is 0.131. The van der Waals surface area contributed by atoms with Gasteiger partial charge < -0.3 is 9.47 Å². The van der Waals surface area contributed by atoms with Crippen LogP contribution < -0.4 is 9.47 Å². The Morgan fingerprint density at radius 3 is 1.13 bits per heavy atom. The van der Waals surface area contributed by atoms with Crippen LogP contribution in [0.2, 0.25) is 0 Å². The van der Waals surface area contributed by atoms with Crippen molar-refractivity contribution in [2.24, 2.45) is 0 Å². The molecule has 0 aliphatic rings. The van der Waals surface area contributed by atoms with Crippen molar-refractivity contribution in [2.45, 2.75) is 19.3 Å². The summed E-state index contributed by atoms with van der Waals surface area (Å²) in [6.07, 6.45) is 0. The highest BCUT2D eigenvalue weighted by molar-refractivity contribution is 5.93. The van der Waals surface area contributed by atoms with Crippen molar-refractivity contribution in [1.29, 1.82) is 0 Å². The van der Waals surface area contributed by atoms with Crippen LogP contribution in [0, 0.1) is 0 Å². The Morgan fingerprint density at radius 2 is 0.756 bits per heavy atom. The van der Waals surface area contributed by atoms with E-state index in [2.05, 4.69) is 13.8 Å². The molecule has 0 unspecified atom stereocenters.